The zero-order valence-corrected chi connectivity index (χ0v) is 19.2. The first-order valence-electron chi connectivity index (χ1n) is 9.20. The van der Waals surface area contributed by atoms with Crippen LogP contribution in [0.25, 0.3) is 0 Å². The highest BCUT2D eigenvalue weighted by Gasteiger charge is 2.09. The number of benzene rings is 2. The van der Waals surface area contributed by atoms with Crippen molar-refractivity contribution in [1.29, 1.82) is 0 Å². The van der Waals surface area contributed by atoms with Crippen molar-refractivity contribution in [2.24, 2.45) is 4.99 Å². The van der Waals surface area contributed by atoms with E-state index in [0.717, 1.165) is 16.9 Å². The molecule has 1 aromatic heterocycles. The molecule has 158 valence electrons. The van der Waals surface area contributed by atoms with Gasteiger partial charge in [-0.25, -0.2) is 0 Å². The van der Waals surface area contributed by atoms with E-state index in [4.69, 9.17) is 9.15 Å². The van der Waals surface area contributed by atoms with Gasteiger partial charge >= 0.3 is 0 Å². The zero-order chi connectivity index (χ0) is 20.5. The topological polar surface area (TPSA) is 87.9 Å². The average molecular weight is 520 g/mol. The Labute approximate surface area is 192 Å². The van der Waals surface area contributed by atoms with Gasteiger partial charge in [0.1, 0.15) is 5.75 Å². The summed E-state index contributed by atoms with van der Waals surface area (Å²) in [7, 11) is 3.38. The second-order valence-corrected chi connectivity index (χ2v) is 6.22. The molecular weight excluding hydrogens is 495 g/mol. The van der Waals surface area contributed by atoms with Crippen LogP contribution in [0.3, 0.4) is 0 Å². The van der Waals surface area contributed by atoms with E-state index in [9.17, 15) is 4.79 Å². The first-order chi connectivity index (χ1) is 14.2. The van der Waals surface area contributed by atoms with Gasteiger partial charge in [-0.05, 0) is 35.9 Å². The Kier molecular flexibility index (Phi) is 9.20. The number of nitrogens with one attached hydrogen (secondary N) is 3. The van der Waals surface area contributed by atoms with E-state index in [1.165, 1.54) is 6.26 Å². The summed E-state index contributed by atoms with van der Waals surface area (Å²) in [6.07, 6.45) is 1.47. The fraction of sp³-hybridized carbons (Fsp3) is 0.182. The zero-order valence-electron chi connectivity index (χ0n) is 16.8. The number of amides is 1. The number of hydrogen-bond donors (Lipinski definition) is 3. The van der Waals surface area contributed by atoms with Crippen molar-refractivity contribution in [3.63, 3.8) is 0 Å². The Morgan fingerprint density at radius 1 is 1.03 bits per heavy atom. The number of rotatable bonds is 7. The van der Waals surface area contributed by atoms with Crippen LogP contribution in [0, 0.1) is 0 Å². The number of para-hydroxylation sites is 1. The maximum Gasteiger partial charge on any atom is 0.291 e. The van der Waals surface area contributed by atoms with Crippen LogP contribution in [0.4, 0.5) is 5.69 Å². The van der Waals surface area contributed by atoms with Gasteiger partial charge in [0, 0.05) is 31.4 Å². The van der Waals surface area contributed by atoms with Crippen LogP contribution in [0.15, 0.2) is 76.3 Å². The third-order valence-electron chi connectivity index (χ3n) is 4.25. The summed E-state index contributed by atoms with van der Waals surface area (Å²) in [5.74, 6) is 1.49. The van der Waals surface area contributed by atoms with Gasteiger partial charge in [-0.3, -0.25) is 9.79 Å². The number of hydrogen-bond acceptors (Lipinski definition) is 4. The number of guanidine groups is 1. The summed E-state index contributed by atoms with van der Waals surface area (Å²) in [6, 6.07) is 18.7. The minimum Gasteiger partial charge on any atom is -0.496 e. The van der Waals surface area contributed by atoms with Crippen molar-refractivity contribution >= 4 is 41.5 Å². The molecule has 1 amide bonds. The van der Waals surface area contributed by atoms with E-state index >= 15 is 0 Å². The summed E-state index contributed by atoms with van der Waals surface area (Å²) in [6.45, 7) is 1.14. The Morgan fingerprint density at radius 3 is 2.57 bits per heavy atom. The fourth-order valence-corrected chi connectivity index (χ4v) is 2.79. The number of carbonyl (C=O) groups is 1. The van der Waals surface area contributed by atoms with Gasteiger partial charge in [-0.2, -0.15) is 0 Å². The lowest BCUT2D eigenvalue weighted by molar-refractivity contribution is 0.0996. The Balaban J connectivity index is 0.00000320. The molecule has 0 radical (unpaired) electrons. The molecule has 0 spiro atoms. The van der Waals surface area contributed by atoms with Gasteiger partial charge in [0.15, 0.2) is 11.7 Å². The molecule has 0 bridgehead atoms. The molecule has 3 rings (SSSR count). The molecule has 2 aromatic carbocycles. The molecule has 3 N–H and O–H groups in total. The molecule has 0 atom stereocenters. The Morgan fingerprint density at radius 2 is 1.83 bits per heavy atom. The van der Waals surface area contributed by atoms with E-state index in [1.807, 2.05) is 48.5 Å². The average Bonchev–Trinajstić information content (AvgIpc) is 3.29. The second kappa shape index (κ2) is 11.9. The number of anilines is 1. The van der Waals surface area contributed by atoms with E-state index < -0.39 is 0 Å². The maximum absolute atomic E-state index is 12.1. The van der Waals surface area contributed by atoms with Crippen LogP contribution in [0.5, 0.6) is 5.75 Å². The van der Waals surface area contributed by atoms with Crippen molar-refractivity contribution < 1.29 is 13.9 Å². The van der Waals surface area contributed by atoms with Gasteiger partial charge in [0.05, 0.1) is 13.4 Å². The van der Waals surface area contributed by atoms with Gasteiger partial charge < -0.3 is 25.1 Å². The molecule has 0 fully saturated rings. The monoisotopic (exact) mass is 520 g/mol. The molecule has 0 aliphatic rings. The lowest BCUT2D eigenvalue weighted by Gasteiger charge is -2.14. The number of nitrogens with zero attached hydrogens (tertiary/aromatic N) is 1. The standard InChI is InChI=1S/C22H24N4O3.HI/c1-23-22(25-15-17-8-3-4-10-19(17)28-2)24-14-16-7-5-9-18(13-16)26-21(27)20-11-6-12-29-20;/h3-13H,14-15H2,1-2H3,(H,26,27)(H2,23,24,25);1H. The number of methoxy groups -OCH3 is 1. The van der Waals surface area contributed by atoms with Crippen molar-refractivity contribution in [3.05, 3.63) is 83.8 Å². The summed E-state index contributed by atoms with van der Waals surface area (Å²) in [5.41, 5.74) is 2.74. The van der Waals surface area contributed by atoms with E-state index in [1.54, 1.807) is 26.3 Å². The third-order valence-corrected chi connectivity index (χ3v) is 4.25. The van der Waals surface area contributed by atoms with Gasteiger partial charge in [0.25, 0.3) is 5.91 Å². The van der Waals surface area contributed by atoms with E-state index in [2.05, 4.69) is 20.9 Å². The number of aliphatic imine (C=N–C) groups is 1. The van der Waals surface area contributed by atoms with Gasteiger partial charge in [0.2, 0.25) is 0 Å². The molecule has 0 saturated carbocycles. The number of carbonyl (C=O) groups excluding carboxylic acids is 1. The van der Waals surface area contributed by atoms with Crippen LogP contribution < -0.4 is 20.7 Å². The first kappa shape index (κ1) is 23.3. The normalized spacial score (nSPS) is 10.7. The van der Waals surface area contributed by atoms with Crippen LogP contribution in [0.2, 0.25) is 0 Å². The predicted octanol–water partition coefficient (Wildman–Crippen LogP) is 4.02. The number of ether oxygens (including phenoxy) is 1. The van der Waals surface area contributed by atoms with Gasteiger partial charge in [-0.1, -0.05) is 30.3 Å². The SMILES string of the molecule is CN=C(NCc1cccc(NC(=O)c2ccco2)c1)NCc1ccccc1OC.I. The van der Waals surface area contributed by atoms with Crippen LogP contribution in [-0.2, 0) is 13.1 Å². The van der Waals surface area contributed by atoms with E-state index in [0.29, 0.717) is 24.7 Å². The molecule has 1 heterocycles. The minimum absolute atomic E-state index is 0. The highest BCUT2D eigenvalue weighted by atomic mass is 127. The Hall–Kier alpha value is -3.01. The fourth-order valence-electron chi connectivity index (χ4n) is 2.79. The van der Waals surface area contributed by atoms with E-state index in [-0.39, 0.29) is 35.6 Å². The predicted molar refractivity (Wildman–Crippen MR) is 129 cm³/mol. The second-order valence-electron chi connectivity index (χ2n) is 6.22. The lowest BCUT2D eigenvalue weighted by Crippen LogP contribution is -2.36. The highest BCUT2D eigenvalue weighted by molar-refractivity contribution is 14.0. The molecular formula is C22H25IN4O3. The molecule has 3 aromatic rings. The largest absolute Gasteiger partial charge is 0.496 e. The molecule has 30 heavy (non-hydrogen) atoms. The molecule has 0 aliphatic heterocycles. The summed E-state index contributed by atoms with van der Waals surface area (Å²) >= 11 is 0. The number of furan rings is 1. The molecule has 0 saturated heterocycles. The van der Waals surface area contributed by atoms with Crippen molar-refractivity contribution in [2.45, 2.75) is 13.1 Å². The van der Waals surface area contributed by atoms with Crippen molar-refractivity contribution in [3.8, 4) is 5.75 Å². The summed E-state index contributed by atoms with van der Waals surface area (Å²) in [5, 5.41) is 9.37. The summed E-state index contributed by atoms with van der Waals surface area (Å²) < 4.78 is 10.5. The quantitative estimate of drug-likeness (QED) is 0.249. The molecule has 0 aliphatic carbocycles. The molecule has 0 unspecified atom stereocenters. The maximum atomic E-state index is 12.1. The summed E-state index contributed by atoms with van der Waals surface area (Å²) in [4.78, 5) is 16.4. The molecule has 8 heteroatoms. The van der Waals surface area contributed by atoms with Crippen LogP contribution in [0.1, 0.15) is 21.7 Å². The van der Waals surface area contributed by atoms with Crippen molar-refractivity contribution in [1.82, 2.24) is 10.6 Å². The van der Waals surface area contributed by atoms with Crippen LogP contribution in [-0.4, -0.2) is 26.0 Å². The van der Waals surface area contributed by atoms with Crippen LogP contribution >= 0.6 is 24.0 Å². The minimum atomic E-state index is -0.283. The smallest absolute Gasteiger partial charge is 0.291 e. The van der Waals surface area contributed by atoms with Crippen molar-refractivity contribution in [2.75, 3.05) is 19.5 Å². The first-order valence-corrected chi connectivity index (χ1v) is 9.20. The molecule has 7 nitrogen and oxygen atoms in total. The lowest BCUT2D eigenvalue weighted by atomic mass is 10.2. The number of halogens is 1. The van der Waals surface area contributed by atoms with Gasteiger partial charge in [-0.15, -0.1) is 24.0 Å². The highest BCUT2D eigenvalue weighted by Crippen LogP contribution is 2.16. The third kappa shape index (κ3) is 6.51. The Bertz CT molecular complexity index is 974.